The van der Waals surface area contributed by atoms with Gasteiger partial charge in [0.25, 0.3) is 0 Å². The zero-order valence-electron chi connectivity index (χ0n) is 8.93. The number of ether oxygens (including phenoxy) is 1. The minimum Gasteiger partial charge on any atom is -0.469 e. The molecule has 0 spiro atoms. The van der Waals surface area contributed by atoms with Crippen molar-refractivity contribution in [2.75, 3.05) is 7.11 Å². The summed E-state index contributed by atoms with van der Waals surface area (Å²) in [5, 5.41) is 0.406. The third-order valence-electron chi connectivity index (χ3n) is 3.00. The molecule has 1 aliphatic rings. The van der Waals surface area contributed by atoms with Crippen molar-refractivity contribution in [3.05, 3.63) is 34.1 Å². The first-order valence-corrected chi connectivity index (χ1v) is 5.54. The summed E-state index contributed by atoms with van der Waals surface area (Å²) < 4.78 is 17.8. The van der Waals surface area contributed by atoms with Crippen molar-refractivity contribution in [3.8, 4) is 0 Å². The molecule has 0 aliphatic heterocycles. The second kappa shape index (κ2) is 4.42. The highest BCUT2D eigenvalue weighted by Crippen LogP contribution is 2.32. The summed E-state index contributed by atoms with van der Waals surface area (Å²) in [6.07, 6.45) is 1.91. The molecule has 1 aromatic carbocycles. The molecule has 1 atom stereocenters. The van der Waals surface area contributed by atoms with Crippen LogP contribution in [0.3, 0.4) is 0 Å². The summed E-state index contributed by atoms with van der Waals surface area (Å²) in [5.41, 5.74) is 1.79. The van der Waals surface area contributed by atoms with Crippen LogP contribution >= 0.6 is 11.6 Å². The van der Waals surface area contributed by atoms with Crippen LogP contribution in [0.4, 0.5) is 4.39 Å². The number of hydrogen-bond acceptors (Lipinski definition) is 2. The van der Waals surface area contributed by atoms with E-state index < -0.39 is 0 Å². The number of fused-ring (bicyclic) bond motifs is 1. The average molecular weight is 243 g/mol. The number of rotatable bonds is 1. The normalized spacial score (nSPS) is 19.1. The molecule has 1 unspecified atom stereocenters. The van der Waals surface area contributed by atoms with E-state index in [0.717, 1.165) is 11.1 Å². The molecule has 16 heavy (non-hydrogen) atoms. The molecule has 0 aromatic heterocycles. The van der Waals surface area contributed by atoms with E-state index in [1.165, 1.54) is 19.2 Å². The molecule has 0 bridgehead atoms. The molecular formula is C12H12ClFO2. The SMILES string of the molecule is COC(=O)C1CCc2cc(F)cc(Cl)c2C1. The third kappa shape index (κ3) is 2.05. The Morgan fingerprint density at radius 3 is 3.00 bits per heavy atom. The second-order valence-electron chi connectivity index (χ2n) is 3.99. The van der Waals surface area contributed by atoms with E-state index >= 15 is 0 Å². The highest BCUT2D eigenvalue weighted by Gasteiger charge is 2.27. The van der Waals surface area contributed by atoms with Crippen molar-refractivity contribution in [2.45, 2.75) is 19.3 Å². The summed E-state index contributed by atoms with van der Waals surface area (Å²) in [6.45, 7) is 0. The summed E-state index contributed by atoms with van der Waals surface area (Å²) >= 11 is 5.97. The Morgan fingerprint density at radius 1 is 1.56 bits per heavy atom. The maximum absolute atomic E-state index is 13.1. The second-order valence-corrected chi connectivity index (χ2v) is 4.40. The van der Waals surface area contributed by atoms with E-state index in [9.17, 15) is 9.18 Å². The molecule has 0 radical (unpaired) electrons. The Balaban J connectivity index is 2.30. The highest BCUT2D eigenvalue weighted by molar-refractivity contribution is 6.31. The molecule has 0 saturated carbocycles. The monoisotopic (exact) mass is 242 g/mol. The zero-order valence-corrected chi connectivity index (χ0v) is 9.68. The number of esters is 1. The van der Waals surface area contributed by atoms with Crippen molar-refractivity contribution in [1.82, 2.24) is 0 Å². The Morgan fingerprint density at radius 2 is 2.31 bits per heavy atom. The van der Waals surface area contributed by atoms with Gasteiger partial charge in [0.2, 0.25) is 0 Å². The van der Waals surface area contributed by atoms with E-state index in [1.807, 2.05) is 0 Å². The Labute approximate surface area is 98.4 Å². The molecule has 1 aromatic rings. The molecule has 4 heteroatoms. The van der Waals surface area contributed by atoms with Gasteiger partial charge in [-0.2, -0.15) is 0 Å². The zero-order chi connectivity index (χ0) is 11.7. The van der Waals surface area contributed by atoms with Gasteiger partial charge in [-0.3, -0.25) is 4.79 Å². The van der Waals surface area contributed by atoms with Crippen LogP contribution in [0.1, 0.15) is 17.5 Å². The smallest absolute Gasteiger partial charge is 0.309 e. The fraction of sp³-hybridized carbons (Fsp3) is 0.417. The lowest BCUT2D eigenvalue weighted by atomic mass is 9.84. The van der Waals surface area contributed by atoms with E-state index in [1.54, 1.807) is 0 Å². The Kier molecular flexibility index (Phi) is 3.15. The van der Waals surface area contributed by atoms with Gasteiger partial charge in [-0.05, 0) is 42.5 Å². The van der Waals surface area contributed by atoms with E-state index in [0.29, 0.717) is 24.3 Å². The van der Waals surface area contributed by atoms with Crippen LogP contribution < -0.4 is 0 Å². The first-order valence-electron chi connectivity index (χ1n) is 5.16. The fourth-order valence-corrected chi connectivity index (χ4v) is 2.46. The van der Waals surface area contributed by atoms with E-state index in [-0.39, 0.29) is 17.7 Å². The van der Waals surface area contributed by atoms with Gasteiger partial charge in [0.15, 0.2) is 0 Å². The number of aryl methyl sites for hydroxylation is 1. The quantitative estimate of drug-likeness (QED) is 0.708. The van der Waals surface area contributed by atoms with Crippen molar-refractivity contribution >= 4 is 17.6 Å². The molecule has 2 rings (SSSR count). The van der Waals surface area contributed by atoms with Crippen molar-refractivity contribution in [2.24, 2.45) is 5.92 Å². The van der Waals surface area contributed by atoms with E-state index in [4.69, 9.17) is 16.3 Å². The van der Waals surface area contributed by atoms with Crippen molar-refractivity contribution in [1.29, 1.82) is 0 Å². The summed E-state index contributed by atoms with van der Waals surface area (Å²) in [5.74, 6) is -0.688. The number of halogens is 2. The van der Waals surface area contributed by atoms with Crippen LogP contribution in [0.15, 0.2) is 12.1 Å². The van der Waals surface area contributed by atoms with Crippen molar-refractivity contribution < 1.29 is 13.9 Å². The minimum atomic E-state index is -0.319. The standard InChI is InChI=1S/C12H12ClFO2/c1-16-12(15)8-3-2-7-4-9(14)6-11(13)10(7)5-8/h4,6,8H,2-3,5H2,1H3. The molecule has 0 heterocycles. The Hall–Kier alpha value is -1.09. The number of carbonyl (C=O) groups is 1. The minimum absolute atomic E-state index is 0.152. The van der Waals surface area contributed by atoms with Crippen LogP contribution in [0.2, 0.25) is 5.02 Å². The highest BCUT2D eigenvalue weighted by atomic mass is 35.5. The van der Waals surface area contributed by atoms with Gasteiger partial charge in [-0.15, -0.1) is 0 Å². The molecule has 0 N–H and O–H groups in total. The number of carbonyl (C=O) groups excluding carboxylic acids is 1. The predicted octanol–water partition coefficient (Wildman–Crippen LogP) is 2.76. The van der Waals surface area contributed by atoms with Crippen molar-refractivity contribution in [3.63, 3.8) is 0 Å². The lowest BCUT2D eigenvalue weighted by Crippen LogP contribution is -2.24. The lowest BCUT2D eigenvalue weighted by Gasteiger charge is -2.23. The van der Waals surface area contributed by atoms with Crippen LogP contribution in [0.5, 0.6) is 0 Å². The molecule has 1 aliphatic carbocycles. The topological polar surface area (TPSA) is 26.3 Å². The Bertz CT molecular complexity index is 431. The van der Waals surface area contributed by atoms with E-state index in [2.05, 4.69) is 0 Å². The van der Waals surface area contributed by atoms with Gasteiger partial charge in [0.05, 0.1) is 13.0 Å². The van der Waals surface area contributed by atoms with Crippen LogP contribution in [0.25, 0.3) is 0 Å². The van der Waals surface area contributed by atoms with Gasteiger partial charge >= 0.3 is 5.97 Å². The molecule has 0 saturated heterocycles. The number of hydrogen-bond donors (Lipinski definition) is 0. The van der Waals surface area contributed by atoms with Crippen LogP contribution in [-0.2, 0) is 22.4 Å². The summed E-state index contributed by atoms with van der Waals surface area (Å²) in [4.78, 5) is 11.4. The van der Waals surface area contributed by atoms with Crippen LogP contribution in [-0.4, -0.2) is 13.1 Å². The molecule has 2 nitrogen and oxygen atoms in total. The maximum Gasteiger partial charge on any atom is 0.309 e. The summed E-state index contributed by atoms with van der Waals surface area (Å²) in [7, 11) is 1.38. The molecular weight excluding hydrogens is 231 g/mol. The van der Waals surface area contributed by atoms with Gasteiger partial charge in [-0.1, -0.05) is 11.6 Å². The molecule has 0 fully saturated rings. The summed E-state index contributed by atoms with van der Waals surface area (Å²) in [6, 6.07) is 2.79. The lowest BCUT2D eigenvalue weighted by molar-refractivity contribution is -0.145. The first kappa shape index (κ1) is 11.4. The third-order valence-corrected chi connectivity index (χ3v) is 3.34. The molecule has 0 amide bonds. The number of benzene rings is 1. The average Bonchev–Trinajstić information content (AvgIpc) is 2.27. The predicted molar refractivity (Wildman–Crippen MR) is 58.9 cm³/mol. The van der Waals surface area contributed by atoms with Gasteiger partial charge in [0.1, 0.15) is 5.82 Å². The largest absolute Gasteiger partial charge is 0.469 e. The first-order chi connectivity index (χ1) is 7.61. The van der Waals surface area contributed by atoms with Crippen LogP contribution in [0, 0.1) is 11.7 Å². The van der Waals surface area contributed by atoms with Gasteiger partial charge in [-0.25, -0.2) is 4.39 Å². The molecule has 86 valence electrons. The number of methoxy groups -OCH3 is 1. The van der Waals surface area contributed by atoms with Gasteiger partial charge in [0, 0.05) is 5.02 Å². The van der Waals surface area contributed by atoms with Gasteiger partial charge < -0.3 is 4.74 Å². The fourth-order valence-electron chi connectivity index (χ4n) is 2.15. The maximum atomic E-state index is 13.1.